The number of aryl methyl sites for hydroxylation is 1. The van der Waals surface area contributed by atoms with Crippen LogP contribution < -0.4 is 5.56 Å². The Morgan fingerprint density at radius 1 is 0.960 bits per heavy atom. The van der Waals surface area contributed by atoms with Crippen molar-refractivity contribution >= 4 is 32.8 Å². The van der Waals surface area contributed by atoms with Gasteiger partial charge in [-0.25, -0.2) is 4.98 Å². The molecule has 0 unspecified atom stereocenters. The van der Waals surface area contributed by atoms with E-state index in [0.29, 0.717) is 16.6 Å². The molecule has 2 aromatic carbocycles. The third-order valence-electron chi connectivity index (χ3n) is 4.61. The highest BCUT2D eigenvalue weighted by Gasteiger charge is 2.17. The summed E-state index contributed by atoms with van der Waals surface area (Å²) in [4.78, 5) is 20.7. The van der Waals surface area contributed by atoms with Crippen molar-refractivity contribution < 1.29 is 0 Å². The van der Waals surface area contributed by atoms with E-state index in [1.165, 1.54) is 0 Å². The number of benzene rings is 2. The molecule has 0 amide bonds. The first-order valence-corrected chi connectivity index (χ1v) is 8.06. The minimum absolute atomic E-state index is 0.150. The van der Waals surface area contributed by atoms with Crippen molar-refractivity contribution in [3.05, 3.63) is 71.1 Å². The summed E-state index contributed by atoms with van der Waals surface area (Å²) in [6.45, 7) is 0. The molecule has 3 heterocycles. The van der Waals surface area contributed by atoms with Gasteiger partial charge in [0.2, 0.25) is 0 Å². The molecular weight excluding hydrogens is 312 g/mol. The Kier molecular flexibility index (Phi) is 2.79. The van der Waals surface area contributed by atoms with Crippen LogP contribution in [0.1, 0.15) is 0 Å². The monoisotopic (exact) mass is 326 g/mol. The van der Waals surface area contributed by atoms with Gasteiger partial charge in [-0.1, -0.05) is 48.5 Å². The lowest BCUT2D eigenvalue weighted by Crippen LogP contribution is -2.10. The minimum atomic E-state index is -0.150. The molecular formula is C20H14N4O. The molecule has 0 bridgehead atoms. The number of aromatic nitrogens is 4. The first-order valence-electron chi connectivity index (χ1n) is 8.06. The number of H-pyrrole nitrogens is 1. The first kappa shape index (κ1) is 13.9. The highest BCUT2D eigenvalue weighted by atomic mass is 16.1. The predicted octanol–water partition coefficient (Wildman–Crippen LogP) is 3.63. The van der Waals surface area contributed by atoms with Crippen molar-refractivity contribution in [2.45, 2.75) is 0 Å². The number of pyridine rings is 2. The van der Waals surface area contributed by atoms with Crippen molar-refractivity contribution in [2.75, 3.05) is 0 Å². The lowest BCUT2D eigenvalue weighted by Gasteiger charge is -2.11. The molecule has 0 aliphatic rings. The Labute approximate surface area is 142 Å². The maximum atomic E-state index is 12.9. The predicted molar refractivity (Wildman–Crippen MR) is 99.6 cm³/mol. The van der Waals surface area contributed by atoms with Gasteiger partial charge in [0.05, 0.1) is 28.0 Å². The van der Waals surface area contributed by atoms with Crippen LogP contribution in [0.25, 0.3) is 44.0 Å². The molecule has 5 heteroatoms. The molecule has 0 aliphatic heterocycles. The topological polar surface area (TPSA) is 63.6 Å². The molecule has 120 valence electrons. The average Bonchev–Trinajstić information content (AvgIpc) is 3.02. The van der Waals surface area contributed by atoms with E-state index in [4.69, 9.17) is 4.98 Å². The number of para-hydroxylation sites is 1. The van der Waals surface area contributed by atoms with E-state index in [1.54, 1.807) is 10.9 Å². The number of hydrogen-bond donors (Lipinski definition) is 1. The highest BCUT2D eigenvalue weighted by molar-refractivity contribution is 6.15. The summed E-state index contributed by atoms with van der Waals surface area (Å²) in [5.74, 6) is 0. The van der Waals surface area contributed by atoms with E-state index in [0.717, 1.165) is 27.4 Å². The van der Waals surface area contributed by atoms with Gasteiger partial charge in [0.1, 0.15) is 5.65 Å². The summed E-state index contributed by atoms with van der Waals surface area (Å²) in [7, 11) is 1.81. The first-order chi connectivity index (χ1) is 12.2. The van der Waals surface area contributed by atoms with Crippen molar-refractivity contribution in [2.24, 2.45) is 7.05 Å². The molecule has 0 spiro atoms. The van der Waals surface area contributed by atoms with Gasteiger partial charge in [0.15, 0.2) is 0 Å². The van der Waals surface area contributed by atoms with Gasteiger partial charge in [-0.15, -0.1) is 0 Å². The van der Waals surface area contributed by atoms with E-state index in [1.807, 2.05) is 61.6 Å². The summed E-state index contributed by atoms with van der Waals surface area (Å²) >= 11 is 0. The zero-order valence-corrected chi connectivity index (χ0v) is 13.5. The van der Waals surface area contributed by atoms with Crippen LogP contribution in [-0.2, 0) is 7.05 Å². The van der Waals surface area contributed by atoms with Gasteiger partial charge >= 0.3 is 0 Å². The largest absolute Gasteiger partial charge is 0.306 e. The SMILES string of the molecule is Cn1ncc2c3nc4ccccc4c(-c4ccccc4)c3c(=O)[nH]c21. The second-order valence-electron chi connectivity index (χ2n) is 6.08. The minimum Gasteiger partial charge on any atom is -0.306 e. The molecule has 3 aromatic heterocycles. The molecule has 0 aliphatic carbocycles. The number of hydrogen-bond acceptors (Lipinski definition) is 3. The number of nitrogens with zero attached hydrogens (tertiary/aromatic N) is 3. The number of aromatic amines is 1. The lowest BCUT2D eigenvalue weighted by molar-refractivity contribution is 0.785. The quantitative estimate of drug-likeness (QED) is 0.478. The van der Waals surface area contributed by atoms with Gasteiger partial charge in [-0.3, -0.25) is 9.48 Å². The molecule has 1 N–H and O–H groups in total. The summed E-state index contributed by atoms with van der Waals surface area (Å²) in [5.41, 5.74) is 3.99. The van der Waals surface area contributed by atoms with Crippen LogP contribution in [0.15, 0.2) is 65.6 Å². The van der Waals surface area contributed by atoms with E-state index in [-0.39, 0.29) is 5.56 Å². The smallest absolute Gasteiger partial charge is 0.259 e. The third-order valence-corrected chi connectivity index (χ3v) is 4.61. The van der Waals surface area contributed by atoms with Crippen LogP contribution >= 0.6 is 0 Å². The van der Waals surface area contributed by atoms with E-state index in [2.05, 4.69) is 10.1 Å². The van der Waals surface area contributed by atoms with Gasteiger partial charge in [0, 0.05) is 18.0 Å². The number of nitrogens with one attached hydrogen (secondary N) is 1. The van der Waals surface area contributed by atoms with Gasteiger partial charge in [0.25, 0.3) is 5.56 Å². The second-order valence-corrected chi connectivity index (χ2v) is 6.08. The van der Waals surface area contributed by atoms with Crippen molar-refractivity contribution in [3.63, 3.8) is 0 Å². The Bertz CT molecular complexity index is 1320. The van der Waals surface area contributed by atoms with Crippen molar-refractivity contribution in [3.8, 4) is 11.1 Å². The fourth-order valence-electron chi connectivity index (χ4n) is 3.46. The van der Waals surface area contributed by atoms with Crippen LogP contribution in [-0.4, -0.2) is 19.7 Å². The van der Waals surface area contributed by atoms with E-state index in [9.17, 15) is 4.79 Å². The molecule has 0 atom stereocenters. The summed E-state index contributed by atoms with van der Waals surface area (Å²) in [6.07, 6.45) is 1.75. The third kappa shape index (κ3) is 1.92. The normalized spacial score (nSPS) is 11.6. The Morgan fingerprint density at radius 3 is 2.56 bits per heavy atom. The summed E-state index contributed by atoms with van der Waals surface area (Å²) in [5, 5.41) is 6.69. The molecule has 5 aromatic rings. The van der Waals surface area contributed by atoms with Crippen molar-refractivity contribution in [1.29, 1.82) is 0 Å². The molecule has 0 saturated heterocycles. The molecule has 5 rings (SSSR count). The van der Waals surface area contributed by atoms with Crippen LogP contribution in [0, 0.1) is 0 Å². The van der Waals surface area contributed by atoms with Crippen LogP contribution in [0.4, 0.5) is 0 Å². The van der Waals surface area contributed by atoms with Crippen LogP contribution in [0.2, 0.25) is 0 Å². The molecule has 5 nitrogen and oxygen atoms in total. The zero-order chi connectivity index (χ0) is 17.0. The number of rotatable bonds is 1. The zero-order valence-electron chi connectivity index (χ0n) is 13.5. The van der Waals surface area contributed by atoms with Crippen LogP contribution in [0.3, 0.4) is 0 Å². The lowest BCUT2D eigenvalue weighted by atomic mass is 9.96. The van der Waals surface area contributed by atoms with E-state index >= 15 is 0 Å². The Balaban J connectivity index is 2.12. The average molecular weight is 326 g/mol. The summed E-state index contributed by atoms with van der Waals surface area (Å²) in [6, 6.07) is 17.9. The van der Waals surface area contributed by atoms with Crippen molar-refractivity contribution in [1.82, 2.24) is 19.7 Å². The Hall–Kier alpha value is -3.47. The second kappa shape index (κ2) is 5.01. The fraction of sp³-hybridized carbons (Fsp3) is 0.0500. The number of fused-ring (bicyclic) bond motifs is 4. The maximum Gasteiger partial charge on any atom is 0.259 e. The highest BCUT2D eigenvalue weighted by Crippen LogP contribution is 2.34. The van der Waals surface area contributed by atoms with E-state index < -0.39 is 0 Å². The summed E-state index contributed by atoms with van der Waals surface area (Å²) < 4.78 is 1.66. The van der Waals surface area contributed by atoms with Gasteiger partial charge in [-0.05, 0) is 11.6 Å². The molecule has 25 heavy (non-hydrogen) atoms. The maximum absolute atomic E-state index is 12.9. The molecule has 0 radical (unpaired) electrons. The molecule has 0 fully saturated rings. The molecule has 0 saturated carbocycles. The Morgan fingerprint density at radius 2 is 1.72 bits per heavy atom. The van der Waals surface area contributed by atoms with Gasteiger partial charge in [-0.2, -0.15) is 5.10 Å². The van der Waals surface area contributed by atoms with Gasteiger partial charge < -0.3 is 4.98 Å². The standard InChI is InChI=1S/C20H14N4O/c1-24-19-14(11-21-24)18-17(20(25)23-19)16(12-7-3-2-4-8-12)13-9-5-6-10-15(13)22-18/h2-11H,1H3,(H,23,25). The fourth-order valence-corrected chi connectivity index (χ4v) is 3.46. The van der Waals surface area contributed by atoms with Crippen LogP contribution in [0.5, 0.6) is 0 Å².